The first kappa shape index (κ1) is 11.9. The van der Waals surface area contributed by atoms with Crippen LogP contribution in [0, 0.1) is 0 Å². The maximum atomic E-state index is 12.9. The van der Waals surface area contributed by atoms with Crippen LogP contribution in [0.4, 0.5) is 22.0 Å². The van der Waals surface area contributed by atoms with E-state index in [0.29, 0.717) is 6.07 Å². The van der Waals surface area contributed by atoms with E-state index in [0.717, 1.165) is 12.1 Å². The zero-order valence-corrected chi connectivity index (χ0v) is 7.41. The van der Waals surface area contributed by atoms with Crippen LogP contribution in [-0.4, -0.2) is 6.18 Å². The Morgan fingerprint density at radius 3 is 2.00 bits per heavy atom. The highest BCUT2D eigenvalue weighted by atomic mass is 19.4. The van der Waals surface area contributed by atoms with E-state index in [1.165, 1.54) is 6.07 Å². The summed E-state index contributed by atoms with van der Waals surface area (Å²) in [6, 6.07) is 4.19. The van der Waals surface area contributed by atoms with Gasteiger partial charge in [0.2, 0.25) is 0 Å². The highest BCUT2D eigenvalue weighted by Crippen LogP contribution is 2.44. The van der Waals surface area contributed by atoms with Crippen LogP contribution in [0.3, 0.4) is 0 Å². The van der Waals surface area contributed by atoms with Crippen molar-refractivity contribution in [3.05, 3.63) is 35.4 Å². The van der Waals surface area contributed by atoms with Gasteiger partial charge in [0.05, 0.1) is 0 Å². The fourth-order valence-electron chi connectivity index (χ4n) is 1.13. The molecule has 0 aliphatic heterocycles. The molecule has 15 heavy (non-hydrogen) atoms. The SMILES string of the molecule is [NH]Cc1ccccc1C(F)(F)C(F)(F)F. The van der Waals surface area contributed by atoms with E-state index in [9.17, 15) is 22.0 Å². The molecule has 0 fully saturated rings. The normalized spacial score (nSPS) is 12.9. The maximum Gasteiger partial charge on any atom is 0.458 e. The molecule has 0 amide bonds. The molecular formula is C9H7F5N. The molecule has 1 nitrogen and oxygen atoms in total. The van der Waals surface area contributed by atoms with E-state index >= 15 is 0 Å². The summed E-state index contributed by atoms with van der Waals surface area (Å²) in [6.45, 7) is -0.609. The third kappa shape index (κ3) is 2.09. The Kier molecular flexibility index (Phi) is 2.99. The molecule has 0 saturated heterocycles. The van der Waals surface area contributed by atoms with E-state index < -0.39 is 24.2 Å². The van der Waals surface area contributed by atoms with Gasteiger partial charge in [-0.2, -0.15) is 22.0 Å². The van der Waals surface area contributed by atoms with Crippen LogP contribution in [-0.2, 0) is 12.5 Å². The molecule has 1 aromatic rings. The van der Waals surface area contributed by atoms with Gasteiger partial charge in [-0.15, -0.1) is 0 Å². The average Bonchev–Trinajstić information content (AvgIpc) is 2.16. The van der Waals surface area contributed by atoms with Crippen LogP contribution in [0.15, 0.2) is 24.3 Å². The summed E-state index contributed by atoms with van der Waals surface area (Å²) in [5.74, 6) is -4.90. The van der Waals surface area contributed by atoms with Gasteiger partial charge < -0.3 is 0 Å². The summed E-state index contributed by atoms with van der Waals surface area (Å²) < 4.78 is 61.9. The largest absolute Gasteiger partial charge is 0.458 e. The van der Waals surface area contributed by atoms with Crippen molar-refractivity contribution in [3.63, 3.8) is 0 Å². The molecule has 1 aromatic carbocycles. The lowest BCUT2D eigenvalue weighted by Crippen LogP contribution is -2.34. The molecule has 1 N–H and O–H groups in total. The van der Waals surface area contributed by atoms with E-state index in [1.54, 1.807) is 0 Å². The van der Waals surface area contributed by atoms with Crippen LogP contribution in [0.2, 0.25) is 0 Å². The highest BCUT2D eigenvalue weighted by Gasteiger charge is 2.59. The first-order chi connectivity index (χ1) is 6.80. The van der Waals surface area contributed by atoms with Crippen molar-refractivity contribution in [1.82, 2.24) is 5.73 Å². The predicted octanol–water partition coefficient (Wildman–Crippen LogP) is 3.12. The van der Waals surface area contributed by atoms with E-state index in [-0.39, 0.29) is 5.56 Å². The Bertz CT molecular complexity index is 345. The van der Waals surface area contributed by atoms with Crippen LogP contribution in [0.5, 0.6) is 0 Å². The van der Waals surface area contributed by atoms with Crippen molar-refractivity contribution >= 4 is 0 Å². The number of halogens is 5. The molecule has 1 rings (SSSR count). The maximum absolute atomic E-state index is 12.9. The summed E-state index contributed by atoms with van der Waals surface area (Å²) in [5, 5.41) is 0. The second-order valence-corrected chi connectivity index (χ2v) is 2.91. The van der Waals surface area contributed by atoms with Gasteiger partial charge in [-0.05, 0) is 5.56 Å². The number of rotatable bonds is 2. The van der Waals surface area contributed by atoms with Crippen molar-refractivity contribution in [2.45, 2.75) is 18.6 Å². The number of hydrogen-bond acceptors (Lipinski definition) is 0. The van der Waals surface area contributed by atoms with Gasteiger partial charge in [0.15, 0.2) is 0 Å². The lowest BCUT2D eigenvalue weighted by Gasteiger charge is -2.21. The van der Waals surface area contributed by atoms with Crippen molar-refractivity contribution in [2.24, 2.45) is 0 Å². The summed E-state index contributed by atoms with van der Waals surface area (Å²) in [7, 11) is 0. The van der Waals surface area contributed by atoms with Crippen molar-refractivity contribution in [2.75, 3.05) is 0 Å². The van der Waals surface area contributed by atoms with Crippen molar-refractivity contribution in [3.8, 4) is 0 Å². The summed E-state index contributed by atoms with van der Waals surface area (Å²) >= 11 is 0. The third-order valence-corrected chi connectivity index (χ3v) is 1.90. The standard InChI is InChI=1S/C9H7F5N/c10-8(11,9(12,13)14)7-4-2-1-3-6(7)5-15/h1-4,15H,5H2. The number of nitrogens with one attached hydrogen (secondary N) is 1. The van der Waals surface area contributed by atoms with Gasteiger partial charge in [0.1, 0.15) is 0 Å². The lowest BCUT2D eigenvalue weighted by atomic mass is 10.0. The second kappa shape index (κ2) is 3.77. The highest BCUT2D eigenvalue weighted by molar-refractivity contribution is 5.31. The molecule has 83 valence electrons. The summed E-state index contributed by atoms with van der Waals surface area (Å²) in [4.78, 5) is 0. The van der Waals surface area contributed by atoms with E-state index in [1.807, 2.05) is 0 Å². The van der Waals surface area contributed by atoms with E-state index in [2.05, 4.69) is 0 Å². The molecule has 0 saturated carbocycles. The van der Waals surface area contributed by atoms with Crippen LogP contribution >= 0.6 is 0 Å². The zero-order valence-electron chi connectivity index (χ0n) is 7.41. The minimum Gasteiger partial charge on any atom is -0.253 e. The van der Waals surface area contributed by atoms with Crippen LogP contribution in [0.25, 0.3) is 0 Å². The minimum absolute atomic E-state index is 0.320. The van der Waals surface area contributed by atoms with Gasteiger partial charge in [-0.25, -0.2) is 0 Å². The molecule has 0 spiro atoms. The van der Waals surface area contributed by atoms with Gasteiger partial charge in [-0.1, -0.05) is 24.3 Å². The molecule has 0 atom stereocenters. The van der Waals surface area contributed by atoms with E-state index in [4.69, 9.17) is 5.73 Å². The topological polar surface area (TPSA) is 23.8 Å². The smallest absolute Gasteiger partial charge is 0.253 e. The van der Waals surface area contributed by atoms with Crippen molar-refractivity contribution < 1.29 is 22.0 Å². The Hall–Kier alpha value is -1.17. The van der Waals surface area contributed by atoms with Gasteiger partial charge in [0, 0.05) is 12.1 Å². The Morgan fingerprint density at radius 2 is 1.53 bits per heavy atom. The molecule has 0 aliphatic rings. The molecule has 0 aliphatic carbocycles. The molecule has 0 unspecified atom stereocenters. The molecule has 0 aromatic heterocycles. The first-order valence-electron chi connectivity index (χ1n) is 3.98. The Morgan fingerprint density at radius 1 is 1.00 bits per heavy atom. The van der Waals surface area contributed by atoms with Gasteiger partial charge in [-0.3, -0.25) is 5.73 Å². The molecule has 6 heteroatoms. The predicted molar refractivity (Wildman–Crippen MR) is 43.2 cm³/mol. The lowest BCUT2D eigenvalue weighted by molar-refractivity contribution is -0.289. The number of benzene rings is 1. The monoisotopic (exact) mass is 224 g/mol. The Balaban J connectivity index is 3.26. The van der Waals surface area contributed by atoms with Crippen LogP contribution in [0.1, 0.15) is 11.1 Å². The minimum atomic E-state index is -5.63. The molecule has 0 bridgehead atoms. The summed E-state index contributed by atoms with van der Waals surface area (Å²) in [6.07, 6.45) is -5.63. The molecule has 1 radical (unpaired) electrons. The third-order valence-electron chi connectivity index (χ3n) is 1.90. The summed E-state index contributed by atoms with van der Waals surface area (Å²) in [5.41, 5.74) is 5.40. The molecule has 0 heterocycles. The number of hydrogen-bond donors (Lipinski definition) is 0. The van der Waals surface area contributed by atoms with Gasteiger partial charge in [0.25, 0.3) is 0 Å². The average molecular weight is 224 g/mol. The van der Waals surface area contributed by atoms with Gasteiger partial charge >= 0.3 is 12.1 Å². The van der Waals surface area contributed by atoms with Crippen LogP contribution < -0.4 is 5.73 Å². The first-order valence-corrected chi connectivity index (χ1v) is 3.98. The number of alkyl halides is 5. The molecular weight excluding hydrogens is 217 g/mol. The fraction of sp³-hybridized carbons (Fsp3) is 0.333. The fourth-order valence-corrected chi connectivity index (χ4v) is 1.13. The zero-order chi connectivity index (χ0) is 11.7. The Labute approximate surface area is 82.7 Å². The quantitative estimate of drug-likeness (QED) is 0.689. The second-order valence-electron chi connectivity index (χ2n) is 2.91. The van der Waals surface area contributed by atoms with Crippen molar-refractivity contribution in [1.29, 1.82) is 0 Å².